The zero-order chi connectivity index (χ0) is 23.6. The third-order valence-electron chi connectivity index (χ3n) is 5.54. The van der Waals surface area contributed by atoms with Crippen LogP contribution in [0, 0.1) is 0 Å². The van der Waals surface area contributed by atoms with E-state index in [1.54, 1.807) is 43.0 Å². The quantitative estimate of drug-likeness (QED) is 0.315. The molecular weight excluding hydrogens is 464 g/mol. The lowest BCUT2D eigenvalue weighted by molar-refractivity contribution is -0.138. The van der Waals surface area contributed by atoms with Gasteiger partial charge in [-0.15, -0.1) is 10.2 Å². The average molecular weight is 489 g/mol. The molecule has 1 aliphatic carbocycles. The molecule has 2 fully saturated rings. The van der Waals surface area contributed by atoms with Gasteiger partial charge in [-0.3, -0.25) is 24.7 Å². The predicted octanol–water partition coefficient (Wildman–Crippen LogP) is 2.42. The summed E-state index contributed by atoms with van der Waals surface area (Å²) >= 11 is 2.38. The topological polar surface area (TPSA) is 125 Å². The molecule has 2 aliphatic rings. The molecule has 4 rings (SSSR count). The van der Waals surface area contributed by atoms with E-state index in [1.165, 1.54) is 11.3 Å². The van der Waals surface area contributed by atoms with E-state index >= 15 is 0 Å². The molecule has 10 nitrogen and oxygen atoms in total. The van der Waals surface area contributed by atoms with Crippen molar-refractivity contribution in [1.82, 2.24) is 25.9 Å². The Kier molecular flexibility index (Phi) is 6.66. The zero-order valence-electron chi connectivity index (χ0n) is 18.2. The summed E-state index contributed by atoms with van der Waals surface area (Å²) in [5.74, 6) is -1.12. The van der Waals surface area contributed by atoms with Crippen LogP contribution in [0.3, 0.4) is 0 Å². The Morgan fingerprint density at radius 3 is 2.61 bits per heavy atom. The van der Waals surface area contributed by atoms with Crippen LogP contribution in [0.5, 0.6) is 0 Å². The van der Waals surface area contributed by atoms with Crippen LogP contribution in [0.25, 0.3) is 0 Å². The summed E-state index contributed by atoms with van der Waals surface area (Å²) in [4.78, 5) is 52.0. The maximum Gasteiger partial charge on any atom is 0.344 e. The molecule has 1 aliphatic heterocycles. The number of amides is 5. The molecular formula is C21H24N6O4S2. The van der Waals surface area contributed by atoms with Crippen LogP contribution >= 0.6 is 23.1 Å². The van der Waals surface area contributed by atoms with Gasteiger partial charge in [-0.05, 0) is 24.8 Å². The van der Waals surface area contributed by atoms with Crippen LogP contribution in [0.4, 0.5) is 9.93 Å². The maximum absolute atomic E-state index is 13.1. The maximum atomic E-state index is 13.1. The second-order valence-electron chi connectivity index (χ2n) is 7.72. The molecule has 1 saturated carbocycles. The Morgan fingerprint density at radius 1 is 1.24 bits per heavy atom. The third kappa shape index (κ3) is 4.58. The van der Waals surface area contributed by atoms with Crippen molar-refractivity contribution in [3.63, 3.8) is 0 Å². The van der Waals surface area contributed by atoms with Crippen molar-refractivity contribution >= 4 is 52.0 Å². The standard InChI is InChI=1S/C21H24N6O4S2/c1-3-16(29)26(14-10-11-14)19-23-24-20(33-19)32-12-15(28)25-27-17(30)21(4-2,22-18(27)31)13-8-6-5-7-9-13/h5-9,14H,3-4,10-12H2,1-2H3,(H,22,31)(H,25,28). The smallest absolute Gasteiger partial charge is 0.318 e. The van der Waals surface area contributed by atoms with Gasteiger partial charge in [0.2, 0.25) is 16.9 Å². The number of hydrazine groups is 1. The molecule has 0 bridgehead atoms. The first-order valence-corrected chi connectivity index (χ1v) is 12.5. The van der Waals surface area contributed by atoms with Gasteiger partial charge in [-0.25, -0.2) is 4.79 Å². The van der Waals surface area contributed by atoms with Gasteiger partial charge < -0.3 is 5.32 Å². The van der Waals surface area contributed by atoms with Crippen molar-refractivity contribution in [1.29, 1.82) is 0 Å². The van der Waals surface area contributed by atoms with E-state index in [2.05, 4.69) is 20.9 Å². The van der Waals surface area contributed by atoms with Crippen molar-refractivity contribution in [2.75, 3.05) is 10.7 Å². The molecule has 2 heterocycles. The van der Waals surface area contributed by atoms with Crippen molar-refractivity contribution in [3.8, 4) is 0 Å². The molecule has 33 heavy (non-hydrogen) atoms. The van der Waals surface area contributed by atoms with Crippen LogP contribution in [0.2, 0.25) is 0 Å². The summed E-state index contributed by atoms with van der Waals surface area (Å²) in [5.41, 5.74) is 1.83. The number of carbonyl (C=O) groups is 4. The minimum atomic E-state index is -1.22. The minimum Gasteiger partial charge on any atom is -0.318 e. The molecule has 1 aromatic heterocycles. The Bertz CT molecular complexity index is 1070. The molecule has 2 N–H and O–H groups in total. The Labute approximate surface area is 199 Å². The molecule has 1 aromatic carbocycles. The van der Waals surface area contributed by atoms with E-state index in [4.69, 9.17) is 0 Å². The lowest BCUT2D eigenvalue weighted by atomic mass is 9.87. The fourth-order valence-electron chi connectivity index (χ4n) is 3.65. The number of benzene rings is 1. The highest BCUT2D eigenvalue weighted by molar-refractivity contribution is 8.01. The molecule has 174 valence electrons. The second kappa shape index (κ2) is 9.48. The number of rotatable bonds is 9. The fourth-order valence-corrected chi connectivity index (χ4v) is 5.37. The number of anilines is 1. The third-order valence-corrected chi connectivity index (χ3v) is 7.59. The van der Waals surface area contributed by atoms with E-state index in [-0.39, 0.29) is 17.7 Å². The van der Waals surface area contributed by atoms with Crippen molar-refractivity contribution in [3.05, 3.63) is 35.9 Å². The number of thioether (sulfide) groups is 1. The largest absolute Gasteiger partial charge is 0.344 e. The number of carbonyl (C=O) groups excluding carboxylic acids is 4. The lowest BCUT2D eigenvalue weighted by Gasteiger charge is -2.25. The van der Waals surface area contributed by atoms with Crippen LogP contribution in [-0.2, 0) is 19.9 Å². The molecule has 2 aromatic rings. The first-order valence-electron chi connectivity index (χ1n) is 10.7. The Hall–Kier alpha value is -2.99. The molecule has 1 unspecified atom stereocenters. The molecule has 0 spiro atoms. The number of nitrogens with zero attached hydrogens (tertiary/aromatic N) is 4. The first-order chi connectivity index (χ1) is 15.9. The second-order valence-corrected chi connectivity index (χ2v) is 9.90. The highest BCUT2D eigenvalue weighted by atomic mass is 32.2. The number of imide groups is 1. The van der Waals surface area contributed by atoms with Gasteiger partial charge in [0.25, 0.3) is 5.91 Å². The summed E-state index contributed by atoms with van der Waals surface area (Å²) < 4.78 is 0.527. The van der Waals surface area contributed by atoms with E-state index in [9.17, 15) is 19.2 Å². The van der Waals surface area contributed by atoms with Crippen LogP contribution in [-0.4, -0.2) is 50.8 Å². The number of nitrogens with one attached hydrogen (secondary N) is 2. The predicted molar refractivity (Wildman–Crippen MR) is 123 cm³/mol. The van der Waals surface area contributed by atoms with Gasteiger partial charge >= 0.3 is 6.03 Å². The van der Waals surface area contributed by atoms with Crippen LogP contribution < -0.4 is 15.6 Å². The number of aromatic nitrogens is 2. The zero-order valence-corrected chi connectivity index (χ0v) is 19.9. The molecule has 1 saturated heterocycles. The van der Waals surface area contributed by atoms with Gasteiger partial charge in [-0.2, -0.15) is 5.01 Å². The van der Waals surface area contributed by atoms with E-state index in [0.717, 1.165) is 29.6 Å². The number of urea groups is 1. The van der Waals surface area contributed by atoms with Crippen LogP contribution in [0.15, 0.2) is 34.7 Å². The molecule has 5 amide bonds. The van der Waals surface area contributed by atoms with E-state index in [0.29, 0.717) is 27.9 Å². The monoisotopic (exact) mass is 488 g/mol. The summed E-state index contributed by atoms with van der Waals surface area (Å²) in [6.45, 7) is 3.60. The number of hydrogen-bond donors (Lipinski definition) is 2. The fraction of sp³-hybridized carbons (Fsp3) is 0.429. The molecule has 0 radical (unpaired) electrons. The normalized spacial score (nSPS) is 20.0. The first kappa shape index (κ1) is 23.2. The number of hydrogen-bond acceptors (Lipinski definition) is 8. The summed E-state index contributed by atoms with van der Waals surface area (Å²) in [5, 5.41) is 12.2. The van der Waals surface area contributed by atoms with Gasteiger partial charge in [0.05, 0.1) is 5.75 Å². The molecule has 1 atom stereocenters. The summed E-state index contributed by atoms with van der Waals surface area (Å²) in [6, 6.07) is 8.44. The lowest BCUT2D eigenvalue weighted by Crippen LogP contribution is -2.49. The SMILES string of the molecule is CCC(=O)N(c1nnc(SCC(=O)NN2C(=O)NC(CC)(c3ccccc3)C2=O)s1)C1CC1. The van der Waals surface area contributed by atoms with Crippen LogP contribution in [0.1, 0.15) is 45.1 Å². The van der Waals surface area contributed by atoms with Gasteiger partial charge in [-0.1, -0.05) is 67.3 Å². The van der Waals surface area contributed by atoms with E-state index < -0.39 is 23.4 Å². The molecule has 12 heteroatoms. The summed E-state index contributed by atoms with van der Waals surface area (Å²) in [7, 11) is 0. The van der Waals surface area contributed by atoms with Crippen molar-refractivity contribution in [2.24, 2.45) is 0 Å². The van der Waals surface area contributed by atoms with Gasteiger partial charge in [0.1, 0.15) is 5.54 Å². The van der Waals surface area contributed by atoms with Crippen molar-refractivity contribution < 1.29 is 19.2 Å². The average Bonchev–Trinajstić information content (AvgIpc) is 3.50. The minimum absolute atomic E-state index is 0.000625. The van der Waals surface area contributed by atoms with E-state index in [1.807, 2.05) is 6.07 Å². The Morgan fingerprint density at radius 2 is 1.97 bits per heavy atom. The summed E-state index contributed by atoms with van der Waals surface area (Å²) in [6.07, 6.45) is 2.62. The van der Waals surface area contributed by atoms with Gasteiger partial charge in [0.15, 0.2) is 4.34 Å². The Balaban J connectivity index is 1.38. The highest BCUT2D eigenvalue weighted by Gasteiger charge is 2.52. The highest BCUT2D eigenvalue weighted by Crippen LogP contribution is 2.36. The van der Waals surface area contributed by atoms with Crippen molar-refractivity contribution in [2.45, 2.75) is 55.5 Å². The van der Waals surface area contributed by atoms with Gasteiger partial charge in [0, 0.05) is 12.5 Å².